The second-order valence-corrected chi connectivity index (χ2v) is 10.2. The Hall–Kier alpha value is -2.78. The number of anilines is 1. The van der Waals surface area contributed by atoms with Crippen molar-refractivity contribution in [3.63, 3.8) is 0 Å². The molecule has 1 atom stereocenters. The molecule has 0 radical (unpaired) electrons. The molecule has 0 fully saturated rings. The zero-order valence-electron chi connectivity index (χ0n) is 20.0. The third kappa shape index (κ3) is 7.92. The smallest absolute Gasteiger partial charge is 0.242 e. The second kappa shape index (κ2) is 12.6. The molecular weight excluding hydrogens is 478 g/mol. The van der Waals surface area contributed by atoms with Gasteiger partial charge in [-0.3, -0.25) is 13.9 Å². The Morgan fingerprint density at radius 3 is 2.24 bits per heavy atom. The molecule has 2 amide bonds. The molecule has 0 heterocycles. The van der Waals surface area contributed by atoms with E-state index in [0.29, 0.717) is 23.0 Å². The Morgan fingerprint density at radius 1 is 1.09 bits per heavy atom. The van der Waals surface area contributed by atoms with Gasteiger partial charge in [-0.05, 0) is 62.2 Å². The molecule has 2 rings (SSSR count). The van der Waals surface area contributed by atoms with Gasteiger partial charge in [0.15, 0.2) is 0 Å². The summed E-state index contributed by atoms with van der Waals surface area (Å²) in [6.07, 6.45) is 1.50. The summed E-state index contributed by atoms with van der Waals surface area (Å²) in [6.45, 7) is 4.31. The van der Waals surface area contributed by atoms with Crippen LogP contribution in [0.1, 0.15) is 32.3 Å². The molecular formula is C24H32ClN3O5S. The van der Waals surface area contributed by atoms with Crippen molar-refractivity contribution < 1.29 is 22.7 Å². The van der Waals surface area contributed by atoms with Crippen molar-refractivity contribution in [3.05, 3.63) is 59.1 Å². The first kappa shape index (κ1) is 27.5. The standard InChI is InChI=1S/C24H32ClN3O5S/c1-5-26-24(30)18(2)27(17-19-8-10-20(25)11-9-19)23(29)7-6-16-28(34(4,31)32)21-12-14-22(33-3)15-13-21/h8-15,18H,5-7,16-17H2,1-4H3,(H,26,30)/t18-/m1/s1. The van der Waals surface area contributed by atoms with Crippen molar-refractivity contribution in [2.24, 2.45) is 0 Å². The topological polar surface area (TPSA) is 96.0 Å². The number of nitrogens with zero attached hydrogens (tertiary/aromatic N) is 2. The van der Waals surface area contributed by atoms with E-state index in [4.69, 9.17) is 16.3 Å². The highest BCUT2D eigenvalue weighted by molar-refractivity contribution is 7.92. The Bertz CT molecular complexity index is 1060. The zero-order valence-corrected chi connectivity index (χ0v) is 21.5. The summed E-state index contributed by atoms with van der Waals surface area (Å²) in [5.41, 5.74) is 1.33. The van der Waals surface area contributed by atoms with Gasteiger partial charge in [0.05, 0.1) is 19.1 Å². The summed E-state index contributed by atoms with van der Waals surface area (Å²) in [5.74, 6) is 0.127. The van der Waals surface area contributed by atoms with E-state index in [-0.39, 0.29) is 37.7 Å². The highest BCUT2D eigenvalue weighted by Gasteiger charge is 2.26. The highest BCUT2D eigenvalue weighted by atomic mass is 35.5. The number of hydrogen-bond acceptors (Lipinski definition) is 5. The molecule has 0 spiro atoms. The molecule has 186 valence electrons. The summed E-state index contributed by atoms with van der Waals surface area (Å²) in [6, 6.07) is 13.1. The monoisotopic (exact) mass is 509 g/mol. The molecule has 0 aliphatic rings. The number of carbonyl (C=O) groups is 2. The van der Waals surface area contributed by atoms with Crippen molar-refractivity contribution >= 4 is 39.1 Å². The molecule has 0 bridgehead atoms. The summed E-state index contributed by atoms with van der Waals surface area (Å²) in [4.78, 5) is 27.1. The lowest BCUT2D eigenvalue weighted by Crippen LogP contribution is -2.47. The predicted octanol–water partition coefficient (Wildman–Crippen LogP) is 3.45. The zero-order chi connectivity index (χ0) is 25.3. The number of likely N-dealkylation sites (N-methyl/N-ethyl adjacent to an activating group) is 1. The molecule has 2 aromatic carbocycles. The number of hydrogen-bond donors (Lipinski definition) is 1. The number of halogens is 1. The normalized spacial score (nSPS) is 12.0. The van der Waals surface area contributed by atoms with Crippen LogP contribution in [-0.2, 0) is 26.2 Å². The Kier molecular flexibility index (Phi) is 10.2. The van der Waals surface area contributed by atoms with Gasteiger partial charge < -0.3 is 15.0 Å². The van der Waals surface area contributed by atoms with E-state index in [0.717, 1.165) is 11.8 Å². The summed E-state index contributed by atoms with van der Waals surface area (Å²) >= 11 is 5.96. The minimum Gasteiger partial charge on any atom is -0.497 e. The molecule has 0 aromatic heterocycles. The van der Waals surface area contributed by atoms with Crippen LogP contribution in [0, 0.1) is 0 Å². The number of sulfonamides is 1. The molecule has 1 N–H and O–H groups in total. The predicted molar refractivity (Wildman–Crippen MR) is 135 cm³/mol. The van der Waals surface area contributed by atoms with E-state index in [2.05, 4.69) is 5.32 Å². The molecule has 0 aliphatic carbocycles. The van der Waals surface area contributed by atoms with E-state index < -0.39 is 16.1 Å². The minimum absolute atomic E-state index is 0.0828. The first-order valence-corrected chi connectivity index (χ1v) is 13.2. The van der Waals surface area contributed by atoms with Crippen LogP contribution in [-0.4, -0.2) is 57.6 Å². The third-order valence-corrected chi connectivity index (χ3v) is 6.74. The van der Waals surface area contributed by atoms with Gasteiger partial charge in [0.25, 0.3) is 0 Å². The van der Waals surface area contributed by atoms with Crippen LogP contribution in [0.3, 0.4) is 0 Å². The van der Waals surface area contributed by atoms with Crippen LogP contribution >= 0.6 is 11.6 Å². The Labute approximate surface area is 206 Å². The van der Waals surface area contributed by atoms with Gasteiger partial charge in [-0.15, -0.1) is 0 Å². The summed E-state index contributed by atoms with van der Waals surface area (Å²) in [7, 11) is -2.02. The molecule has 0 aliphatic heterocycles. The molecule has 34 heavy (non-hydrogen) atoms. The van der Waals surface area contributed by atoms with Crippen molar-refractivity contribution in [1.29, 1.82) is 0 Å². The summed E-state index contributed by atoms with van der Waals surface area (Å²) in [5, 5.41) is 3.33. The lowest BCUT2D eigenvalue weighted by atomic mass is 10.1. The third-order valence-electron chi connectivity index (χ3n) is 5.30. The van der Waals surface area contributed by atoms with Crippen LogP contribution < -0.4 is 14.4 Å². The van der Waals surface area contributed by atoms with Crippen LogP contribution in [0.15, 0.2) is 48.5 Å². The number of carbonyl (C=O) groups excluding carboxylic acids is 2. The van der Waals surface area contributed by atoms with Gasteiger partial charge in [-0.25, -0.2) is 8.42 Å². The maximum atomic E-state index is 13.2. The van der Waals surface area contributed by atoms with Gasteiger partial charge >= 0.3 is 0 Å². The van der Waals surface area contributed by atoms with Crippen molar-refractivity contribution in [2.75, 3.05) is 30.8 Å². The second-order valence-electron chi connectivity index (χ2n) is 7.86. The van der Waals surface area contributed by atoms with Crippen molar-refractivity contribution in [2.45, 2.75) is 39.3 Å². The van der Waals surface area contributed by atoms with E-state index >= 15 is 0 Å². The Morgan fingerprint density at radius 2 is 1.71 bits per heavy atom. The fourth-order valence-corrected chi connectivity index (χ4v) is 4.53. The maximum absolute atomic E-state index is 13.2. The van der Waals surface area contributed by atoms with E-state index in [1.807, 2.05) is 19.1 Å². The largest absolute Gasteiger partial charge is 0.497 e. The van der Waals surface area contributed by atoms with Gasteiger partial charge in [-0.1, -0.05) is 23.7 Å². The van der Waals surface area contributed by atoms with Crippen molar-refractivity contribution in [1.82, 2.24) is 10.2 Å². The van der Waals surface area contributed by atoms with E-state index in [1.165, 1.54) is 16.3 Å². The molecule has 8 nitrogen and oxygen atoms in total. The number of methoxy groups -OCH3 is 1. The van der Waals surface area contributed by atoms with Crippen molar-refractivity contribution in [3.8, 4) is 5.75 Å². The Balaban J connectivity index is 2.13. The number of benzene rings is 2. The average Bonchev–Trinajstić information content (AvgIpc) is 2.80. The quantitative estimate of drug-likeness (QED) is 0.472. The highest BCUT2D eigenvalue weighted by Crippen LogP contribution is 2.22. The van der Waals surface area contributed by atoms with Gasteiger partial charge in [0, 0.05) is 31.1 Å². The van der Waals surface area contributed by atoms with E-state index in [9.17, 15) is 18.0 Å². The molecule has 0 unspecified atom stereocenters. The first-order valence-electron chi connectivity index (χ1n) is 11.0. The summed E-state index contributed by atoms with van der Waals surface area (Å²) < 4.78 is 31.1. The fourth-order valence-electron chi connectivity index (χ4n) is 3.44. The SMILES string of the molecule is CCNC(=O)[C@@H](C)N(Cc1ccc(Cl)cc1)C(=O)CCCN(c1ccc(OC)cc1)S(C)(=O)=O. The van der Waals surface area contributed by atoms with Crippen LogP contribution in [0.5, 0.6) is 5.75 Å². The lowest BCUT2D eigenvalue weighted by Gasteiger charge is -2.29. The van der Waals surface area contributed by atoms with E-state index in [1.54, 1.807) is 43.3 Å². The lowest BCUT2D eigenvalue weighted by molar-refractivity contribution is -0.140. The van der Waals surface area contributed by atoms with Crippen LogP contribution in [0.2, 0.25) is 5.02 Å². The number of rotatable bonds is 12. The van der Waals surface area contributed by atoms with Crippen LogP contribution in [0.25, 0.3) is 0 Å². The maximum Gasteiger partial charge on any atom is 0.242 e. The first-order chi connectivity index (χ1) is 16.1. The molecule has 0 saturated carbocycles. The molecule has 0 saturated heterocycles. The number of nitrogens with one attached hydrogen (secondary N) is 1. The average molecular weight is 510 g/mol. The molecule has 10 heteroatoms. The number of ether oxygens (including phenoxy) is 1. The number of amides is 2. The van der Waals surface area contributed by atoms with Crippen LogP contribution in [0.4, 0.5) is 5.69 Å². The minimum atomic E-state index is -3.55. The molecule has 2 aromatic rings. The van der Waals surface area contributed by atoms with Gasteiger partial charge in [0.1, 0.15) is 11.8 Å². The van der Waals surface area contributed by atoms with Gasteiger partial charge in [-0.2, -0.15) is 0 Å². The fraction of sp³-hybridized carbons (Fsp3) is 0.417. The van der Waals surface area contributed by atoms with Gasteiger partial charge in [0.2, 0.25) is 21.8 Å².